The summed E-state index contributed by atoms with van der Waals surface area (Å²) >= 11 is 0. The Morgan fingerprint density at radius 1 is 1.27 bits per heavy atom. The minimum atomic E-state index is -0.190. The molecule has 1 atom stereocenters. The first-order valence-corrected chi connectivity index (χ1v) is 11.8. The van der Waals surface area contributed by atoms with Gasteiger partial charge in [-0.25, -0.2) is 4.68 Å². The van der Waals surface area contributed by atoms with Crippen LogP contribution in [0.15, 0.2) is 29.1 Å². The van der Waals surface area contributed by atoms with Gasteiger partial charge >= 0.3 is 0 Å². The number of H-pyrrole nitrogens is 1. The molecule has 0 spiro atoms. The predicted octanol–water partition coefficient (Wildman–Crippen LogP) is 3.24. The number of aromatic amines is 1. The molecule has 1 N–H and O–H groups in total. The third kappa shape index (κ3) is 5.42. The van der Waals surface area contributed by atoms with Crippen molar-refractivity contribution in [2.24, 2.45) is 0 Å². The lowest BCUT2D eigenvalue weighted by atomic mass is 10.0. The molecule has 1 fully saturated rings. The lowest BCUT2D eigenvalue weighted by molar-refractivity contribution is 0.0656. The fourth-order valence-electron chi connectivity index (χ4n) is 4.23. The molecular weight excluding hydrogens is 420 g/mol. The largest absolute Gasteiger partial charge is 0.494 e. The number of rotatable bonds is 10. The van der Waals surface area contributed by atoms with Gasteiger partial charge in [0.05, 0.1) is 24.8 Å². The smallest absolute Gasteiger partial charge is 0.252 e. The van der Waals surface area contributed by atoms with Gasteiger partial charge in [-0.15, -0.1) is 5.10 Å². The average Bonchev–Trinajstić information content (AvgIpc) is 3.47. The number of aromatic nitrogens is 5. The van der Waals surface area contributed by atoms with Crippen molar-refractivity contribution < 1.29 is 9.47 Å². The van der Waals surface area contributed by atoms with Gasteiger partial charge in [-0.2, -0.15) is 0 Å². The van der Waals surface area contributed by atoms with Gasteiger partial charge in [0, 0.05) is 36.2 Å². The highest BCUT2D eigenvalue weighted by molar-refractivity contribution is 5.80. The van der Waals surface area contributed by atoms with Crippen molar-refractivity contribution in [3.05, 3.63) is 46.0 Å². The first-order chi connectivity index (χ1) is 15.9. The van der Waals surface area contributed by atoms with Crippen molar-refractivity contribution in [3.63, 3.8) is 0 Å². The van der Waals surface area contributed by atoms with E-state index in [1.165, 1.54) is 0 Å². The predicted molar refractivity (Wildman–Crippen MR) is 126 cm³/mol. The summed E-state index contributed by atoms with van der Waals surface area (Å²) in [7, 11) is 0. The molecule has 1 aliphatic heterocycles. The fourth-order valence-corrected chi connectivity index (χ4v) is 4.23. The zero-order valence-electron chi connectivity index (χ0n) is 20.0. The summed E-state index contributed by atoms with van der Waals surface area (Å²) in [5.41, 5.74) is 1.22. The molecule has 1 unspecified atom stereocenters. The first-order valence-electron chi connectivity index (χ1n) is 11.8. The number of nitrogens with zero attached hydrogens (tertiary/aromatic N) is 5. The number of benzene rings is 1. The Labute approximate surface area is 194 Å². The summed E-state index contributed by atoms with van der Waals surface area (Å²) in [6.45, 7) is 11.4. The molecule has 33 heavy (non-hydrogen) atoms. The fraction of sp³-hybridized carbons (Fsp3) is 0.583. The van der Waals surface area contributed by atoms with Crippen LogP contribution in [0.3, 0.4) is 0 Å². The Morgan fingerprint density at radius 2 is 2.12 bits per heavy atom. The van der Waals surface area contributed by atoms with Gasteiger partial charge in [-0.3, -0.25) is 9.69 Å². The molecule has 3 heterocycles. The van der Waals surface area contributed by atoms with E-state index in [1.54, 1.807) is 0 Å². The van der Waals surface area contributed by atoms with Crippen LogP contribution in [0.5, 0.6) is 5.75 Å². The minimum absolute atomic E-state index is 0.0857. The Kier molecular flexibility index (Phi) is 7.09. The summed E-state index contributed by atoms with van der Waals surface area (Å²) in [4.78, 5) is 18.1. The van der Waals surface area contributed by atoms with E-state index in [0.717, 1.165) is 54.9 Å². The van der Waals surface area contributed by atoms with Crippen LogP contribution < -0.4 is 10.3 Å². The van der Waals surface area contributed by atoms with Crippen LogP contribution in [0.2, 0.25) is 0 Å². The van der Waals surface area contributed by atoms with Crippen molar-refractivity contribution in [3.8, 4) is 5.75 Å². The van der Waals surface area contributed by atoms with Gasteiger partial charge in [0.15, 0.2) is 5.82 Å². The molecule has 0 bridgehead atoms. The van der Waals surface area contributed by atoms with Crippen LogP contribution in [-0.4, -0.2) is 56.0 Å². The monoisotopic (exact) mass is 454 g/mol. The number of fused-ring (bicyclic) bond motifs is 1. The quantitative estimate of drug-likeness (QED) is 0.502. The molecule has 0 aliphatic carbocycles. The van der Waals surface area contributed by atoms with Crippen molar-refractivity contribution in [1.82, 2.24) is 30.1 Å². The molecule has 3 aromatic rings. The van der Waals surface area contributed by atoms with Gasteiger partial charge in [0.1, 0.15) is 5.75 Å². The van der Waals surface area contributed by atoms with Gasteiger partial charge in [0.2, 0.25) is 0 Å². The second-order valence-electron chi connectivity index (χ2n) is 9.28. The zero-order chi connectivity index (χ0) is 23.4. The highest BCUT2D eigenvalue weighted by Crippen LogP contribution is 2.23. The third-order valence-electron chi connectivity index (χ3n) is 6.42. The number of hydrogen-bond donors (Lipinski definition) is 1. The lowest BCUT2D eigenvalue weighted by Gasteiger charge is -2.28. The number of hydrogen-bond acceptors (Lipinski definition) is 7. The zero-order valence-corrected chi connectivity index (χ0v) is 20.0. The van der Waals surface area contributed by atoms with Crippen LogP contribution in [0.25, 0.3) is 10.9 Å². The maximum atomic E-state index is 12.9. The Morgan fingerprint density at radius 3 is 2.85 bits per heavy atom. The van der Waals surface area contributed by atoms with E-state index in [-0.39, 0.29) is 17.2 Å². The van der Waals surface area contributed by atoms with E-state index in [1.807, 2.05) is 35.9 Å². The van der Waals surface area contributed by atoms with Crippen LogP contribution in [0.4, 0.5) is 0 Å². The van der Waals surface area contributed by atoms with Crippen LogP contribution in [-0.2, 0) is 23.4 Å². The molecule has 1 aromatic carbocycles. The number of pyridine rings is 1. The second-order valence-corrected chi connectivity index (χ2v) is 9.28. The van der Waals surface area contributed by atoms with Crippen molar-refractivity contribution >= 4 is 10.9 Å². The molecule has 0 amide bonds. The average molecular weight is 455 g/mol. The van der Waals surface area contributed by atoms with Crippen molar-refractivity contribution in [2.75, 3.05) is 19.8 Å². The molecule has 2 aromatic heterocycles. The summed E-state index contributed by atoms with van der Waals surface area (Å²) in [6, 6.07) is 7.68. The Balaban J connectivity index is 1.63. The number of tetrazole rings is 1. The summed E-state index contributed by atoms with van der Waals surface area (Å²) < 4.78 is 13.4. The van der Waals surface area contributed by atoms with E-state index in [0.29, 0.717) is 25.3 Å². The summed E-state index contributed by atoms with van der Waals surface area (Å²) in [6.07, 6.45) is 3.14. The Bertz CT molecular complexity index is 1130. The van der Waals surface area contributed by atoms with E-state index in [9.17, 15) is 4.79 Å². The van der Waals surface area contributed by atoms with E-state index >= 15 is 0 Å². The van der Waals surface area contributed by atoms with E-state index in [4.69, 9.17) is 9.47 Å². The van der Waals surface area contributed by atoms with Gasteiger partial charge in [-0.05, 0) is 74.7 Å². The van der Waals surface area contributed by atoms with Gasteiger partial charge < -0.3 is 14.5 Å². The van der Waals surface area contributed by atoms with Crippen molar-refractivity contribution in [2.45, 2.75) is 71.7 Å². The minimum Gasteiger partial charge on any atom is -0.494 e. The lowest BCUT2D eigenvalue weighted by Crippen LogP contribution is -2.36. The highest BCUT2D eigenvalue weighted by atomic mass is 16.5. The topological polar surface area (TPSA) is 98.2 Å². The molecule has 9 heteroatoms. The van der Waals surface area contributed by atoms with Gasteiger partial charge in [0.25, 0.3) is 5.56 Å². The molecular formula is C24H34N6O3. The second kappa shape index (κ2) is 10.0. The van der Waals surface area contributed by atoms with Gasteiger partial charge in [-0.1, -0.05) is 6.92 Å². The molecule has 178 valence electrons. The van der Waals surface area contributed by atoms with Crippen molar-refractivity contribution in [1.29, 1.82) is 0 Å². The van der Waals surface area contributed by atoms with E-state index < -0.39 is 0 Å². The summed E-state index contributed by atoms with van der Waals surface area (Å²) in [5, 5.41) is 13.4. The Hall–Kier alpha value is -2.78. The highest BCUT2D eigenvalue weighted by Gasteiger charge is 2.26. The standard InChI is InChI=1S/C24H34N6O3/c1-5-24(3,4)30-22(26-27-28-30)16-29(15-20-8-7-11-33-20)14-18-12-17-13-19(32-6-2)9-10-21(17)25-23(18)31/h9-10,12-13,20H,5-8,11,14-16H2,1-4H3,(H,25,31). The molecule has 4 rings (SSSR count). The SMILES string of the molecule is CCOc1ccc2[nH]c(=O)c(CN(Cc3nnnn3C(C)(C)CC)CC3CCCO3)cc2c1. The molecule has 0 saturated carbocycles. The molecule has 1 aliphatic rings. The van der Waals surface area contributed by atoms with E-state index in [2.05, 4.69) is 46.2 Å². The normalized spacial score (nSPS) is 16.7. The first kappa shape index (κ1) is 23.4. The summed E-state index contributed by atoms with van der Waals surface area (Å²) in [5.74, 6) is 1.58. The third-order valence-corrected chi connectivity index (χ3v) is 6.42. The van der Waals surface area contributed by atoms with Crippen LogP contribution in [0.1, 0.15) is 58.3 Å². The molecule has 1 saturated heterocycles. The maximum Gasteiger partial charge on any atom is 0.252 e. The number of ether oxygens (including phenoxy) is 2. The maximum absolute atomic E-state index is 12.9. The molecule has 0 radical (unpaired) electrons. The van der Waals surface area contributed by atoms with Crippen LogP contribution >= 0.6 is 0 Å². The number of nitrogens with one attached hydrogen (secondary N) is 1. The molecule has 9 nitrogen and oxygen atoms in total. The van der Waals surface area contributed by atoms with Crippen LogP contribution in [0, 0.1) is 0 Å².